The molecule has 0 saturated heterocycles. The van der Waals surface area contributed by atoms with E-state index in [9.17, 15) is 0 Å². The van der Waals surface area contributed by atoms with E-state index < -0.39 is 0 Å². The second-order valence-corrected chi connectivity index (χ2v) is 2.95. The van der Waals surface area contributed by atoms with Gasteiger partial charge in [0.2, 0.25) is 0 Å². The molecular formula is C9H17N3. The van der Waals surface area contributed by atoms with Gasteiger partial charge in [0.05, 0.1) is 6.20 Å². The summed E-state index contributed by atoms with van der Waals surface area (Å²) >= 11 is 0. The van der Waals surface area contributed by atoms with Gasteiger partial charge in [0, 0.05) is 25.7 Å². The Morgan fingerprint density at radius 2 is 2.00 bits per heavy atom. The zero-order chi connectivity index (χ0) is 9.14. The Balaban J connectivity index is 2.98. The van der Waals surface area contributed by atoms with E-state index in [-0.39, 0.29) is 0 Å². The first-order chi connectivity index (χ1) is 5.70. The Kier molecular flexibility index (Phi) is 2.74. The molecule has 0 aliphatic carbocycles. The lowest BCUT2D eigenvalue weighted by atomic mass is 10.3. The molecule has 0 fully saturated rings. The molecule has 0 aliphatic heterocycles. The number of hydrogen-bond acceptors (Lipinski definition) is 2. The lowest BCUT2D eigenvalue weighted by Crippen LogP contribution is -2.25. The molecule has 0 saturated carbocycles. The van der Waals surface area contributed by atoms with Crippen LogP contribution in [0.4, 0.5) is 5.82 Å². The third-order valence-corrected chi connectivity index (χ3v) is 2.15. The minimum atomic E-state index is 1.04. The second-order valence-electron chi connectivity index (χ2n) is 2.95. The molecule has 3 nitrogen and oxygen atoms in total. The maximum atomic E-state index is 4.21. The zero-order valence-corrected chi connectivity index (χ0v) is 8.33. The molecule has 0 atom stereocenters. The predicted molar refractivity (Wildman–Crippen MR) is 51.5 cm³/mol. The van der Waals surface area contributed by atoms with Gasteiger partial charge in [0.25, 0.3) is 0 Å². The number of aromatic nitrogens is 2. The van der Waals surface area contributed by atoms with E-state index in [1.807, 2.05) is 17.9 Å². The monoisotopic (exact) mass is 167 g/mol. The maximum absolute atomic E-state index is 4.21. The summed E-state index contributed by atoms with van der Waals surface area (Å²) in [4.78, 5) is 2.31. The van der Waals surface area contributed by atoms with Crippen LogP contribution in [0, 0.1) is 6.92 Å². The average molecular weight is 167 g/mol. The molecule has 68 valence electrons. The summed E-state index contributed by atoms with van der Waals surface area (Å²) in [7, 11) is 1.99. The lowest BCUT2D eigenvalue weighted by Gasteiger charge is -2.21. The fraction of sp³-hybridized carbons (Fsp3) is 0.667. The second kappa shape index (κ2) is 3.61. The Morgan fingerprint density at radius 3 is 2.33 bits per heavy atom. The summed E-state index contributed by atoms with van der Waals surface area (Å²) in [5.41, 5.74) is 1.25. The summed E-state index contributed by atoms with van der Waals surface area (Å²) < 4.78 is 1.93. The molecular weight excluding hydrogens is 150 g/mol. The van der Waals surface area contributed by atoms with Crippen molar-refractivity contribution in [3.63, 3.8) is 0 Å². The predicted octanol–water partition coefficient (Wildman–Crippen LogP) is 1.57. The first-order valence-corrected chi connectivity index (χ1v) is 4.44. The minimum absolute atomic E-state index is 1.04. The van der Waals surface area contributed by atoms with Crippen molar-refractivity contribution in [2.75, 3.05) is 18.0 Å². The van der Waals surface area contributed by atoms with Crippen LogP contribution in [-0.4, -0.2) is 22.9 Å². The van der Waals surface area contributed by atoms with Crippen molar-refractivity contribution in [2.45, 2.75) is 20.8 Å². The van der Waals surface area contributed by atoms with Gasteiger partial charge in [0.15, 0.2) is 0 Å². The Morgan fingerprint density at radius 1 is 1.42 bits per heavy atom. The van der Waals surface area contributed by atoms with Crippen molar-refractivity contribution >= 4 is 5.82 Å². The Bertz CT molecular complexity index is 229. The highest BCUT2D eigenvalue weighted by molar-refractivity contribution is 5.45. The van der Waals surface area contributed by atoms with Crippen molar-refractivity contribution in [3.05, 3.63) is 11.8 Å². The summed E-state index contributed by atoms with van der Waals surface area (Å²) in [5.74, 6) is 1.24. The summed E-state index contributed by atoms with van der Waals surface area (Å²) in [6.07, 6.45) is 1.91. The lowest BCUT2D eigenvalue weighted by molar-refractivity contribution is 0.720. The smallest absolute Gasteiger partial charge is 0.129 e. The van der Waals surface area contributed by atoms with E-state index in [0.717, 1.165) is 13.1 Å². The minimum Gasteiger partial charge on any atom is -0.357 e. The van der Waals surface area contributed by atoms with Gasteiger partial charge in [-0.1, -0.05) is 0 Å². The third kappa shape index (κ3) is 1.44. The van der Waals surface area contributed by atoms with Crippen molar-refractivity contribution in [1.29, 1.82) is 0 Å². The summed E-state index contributed by atoms with van der Waals surface area (Å²) in [6.45, 7) is 8.50. The van der Waals surface area contributed by atoms with Gasteiger partial charge in [-0.2, -0.15) is 5.10 Å². The van der Waals surface area contributed by atoms with Crippen LogP contribution < -0.4 is 4.90 Å². The number of nitrogens with zero attached hydrogens (tertiary/aromatic N) is 3. The van der Waals surface area contributed by atoms with Gasteiger partial charge in [0.1, 0.15) is 5.82 Å². The number of anilines is 1. The first kappa shape index (κ1) is 9.10. The third-order valence-electron chi connectivity index (χ3n) is 2.15. The maximum Gasteiger partial charge on any atom is 0.129 e. The summed E-state index contributed by atoms with van der Waals surface area (Å²) in [6, 6.07) is 0. The highest BCUT2D eigenvalue weighted by atomic mass is 15.4. The quantitative estimate of drug-likeness (QED) is 0.681. The number of hydrogen-bond donors (Lipinski definition) is 0. The molecule has 0 bridgehead atoms. The Labute approximate surface area is 74.0 Å². The highest BCUT2D eigenvalue weighted by Crippen LogP contribution is 2.17. The highest BCUT2D eigenvalue weighted by Gasteiger charge is 2.09. The van der Waals surface area contributed by atoms with E-state index in [0.29, 0.717) is 0 Å². The van der Waals surface area contributed by atoms with Crippen molar-refractivity contribution < 1.29 is 0 Å². The molecule has 0 unspecified atom stereocenters. The van der Waals surface area contributed by atoms with E-state index in [2.05, 4.69) is 30.8 Å². The number of rotatable bonds is 3. The van der Waals surface area contributed by atoms with Gasteiger partial charge in [-0.3, -0.25) is 4.68 Å². The molecule has 12 heavy (non-hydrogen) atoms. The van der Waals surface area contributed by atoms with Crippen molar-refractivity contribution in [3.8, 4) is 0 Å². The van der Waals surface area contributed by atoms with Gasteiger partial charge in [-0.05, 0) is 20.8 Å². The van der Waals surface area contributed by atoms with Crippen LogP contribution in [0.2, 0.25) is 0 Å². The van der Waals surface area contributed by atoms with E-state index in [1.165, 1.54) is 11.4 Å². The normalized spacial score (nSPS) is 10.3. The van der Waals surface area contributed by atoms with Crippen LogP contribution in [0.25, 0.3) is 0 Å². The molecule has 0 radical (unpaired) electrons. The van der Waals surface area contributed by atoms with Crippen LogP contribution in [0.15, 0.2) is 6.20 Å². The van der Waals surface area contributed by atoms with Crippen LogP contribution in [-0.2, 0) is 7.05 Å². The van der Waals surface area contributed by atoms with E-state index in [1.54, 1.807) is 0 Å². The molecule has 1 heterocycles. The molecule has 0 aromatic carbocycles. The fourth-order valence-corrected chi connectivity index (χ4v) is 1.52. The largest absolute Gasteiger partial charge is 0.357 e. The topological polar surface area (TPSA) is 21.1 Å². The first-order valence-electron chi connectivity index (χ1n) is 4.44. The van der Waals surface area contributed by atoms with Gasteiger partial charge >= 0.3 is 0 Å². The van der Waals surface area contributed by atoms with Crippen LogP contribution in [0.1, 0.15) is 19.4 Å². The van der Waals surface area contributed by atoms with Crippen molar-refractivity contribution in [1.82, 2.24) is 9.78 Å². The standard InChI is InChI=1S/C9H17N3/c1-5-12(6-2)9-8(3)7-10-11(9)4/h7H,5-6H2,1-4H3. The molecule has 0 aliphatic rings. The van der Waals surface area contributed by atoms with E-state index >= 15 is 0 Å². The molecule has 3 heteroatoms. The molecule has 1 aromatic rings. The van der Waals surface area contributed by atoms with Crippen LogP contribution >= 0.6 is 0 Å². The average Bonchev–Trinajstić information content (AvgIpc) is 2.38. The molecule has 1 aromatic heterocycles. The Hall–Kier alpha value is -0.990. The SMILES string of the molecule is CCN(CC)c1c(C)cnn1C. The molecule has 0 spiro atoms. The van der Waals surface area contributed by atoms with Crippen molar-refractivity contribution in [2.24, 2.45) is 7.05 Å². The van der Waals surface area contributed by atoms with Gasteiger partial charge in [-0.15, -0.1) is 0 Å². The number of aryl methyl sites for hydroxylation is 2. The van der Waals surface area contributed by atoms with Crippen LogP contribution in [0.5, 0.6) is 0 Å². The van der Waals surface area contributed by atoms with Gasteiger partial charge < -0.3 is 4.90 Å². The fourth-order valence-electron chi connectivity index (χ4n) is 1.52. The van der Waals surface area contributed by atoms with Crippen LogP contribution in [0.3, 0.4) is 0 Å². The van der Waals surface area contributed by atoms with E-state index in [4.69, 9.17) is 0 Å². The molecule has 1 rings (SSSR count). The van der Waals surface area contributed by atoms with Gasteiger partial charge in [-0.25, -0.2) is 0 Å². The molecule has 0 N–H and O–H groups in total. The molecule has 0 amide bonds. The zero-order valence-electron chi connectivity index (χ0n) is 8.33. The summed E-state index contributed by atoms with van der Waals surface area (Å²) in [5, 5.41) is 4.21.